The van der Waals surface area contributed by atoms with E-state index in [9.17, 15) is 0 Å². The van der Waals surface area contributed by atoms with Crippen LogP contribution in [-0.2, 0) is 13.0 Å². The molecule has 0 saturated carbocycles. The SMILES string of the molecule is C=CCOc1ccccc1CNC(=NC)NCCc1cn2cccc(C)c2n1.I. The van der Waals surface area contributed by atoms with Crippen molar-refractivity contribution in [2.24, 2.45) is 4.99 Å². The molecule has 0 unspecified atom stereocenters. The first-order valence-corrected chi connectivity index (χ1v) is 9.40. The quantitative estimate of drug-likeness (QED) is 0.212. The van der Waals surface area contributed by atoms with Crippen molar-refractivity contribution in [2.45, 2.75) is 19.9 Å². The second-order valence-corrected chi connectivity index (χ2v) is 6.46. The highest BCUT2D eigenvalue weighted by molar-refractivity contribution is 14.0. The second kappa shape index (κ2) is 11.5. The third-order valence-electron chi connectivity index (χ3n) is 4.40. The number of rotatable bonds is 8. The Morgan fingerprint density at radius 3 is 2.83 bits per heavy atom. The van der Waals surface area contributed by atoms with E-state index in [0.717, 1.165) is 41.6 Å². The van der Waals surface area contributed by atoms with Crippen LogP contribution in [0.2, 0.25) is 0 Å². The number of aliphatic imine (C=N–C) groups is 1. The normalized spacial score (nSPS) is 11.0. The Morgan fingerprint density at radius 1 is 1.24 bits per heavy atom. The van der Waals surface area contributed by atoms with Crippen molar-refractivity contribution >= 4 is 35.6 Å². The number of ether oxygens (including phenoxy) is 1. The van der Waals surface area contributed by atoms with Gasteiger partial charge in [0.2, 0.25) is 0 Å². The minimum Gasteiger partial charge on any atom is -0.489 e. The Bertz CT molecular complexity index is 967. The fourth-order valence-corrected chi connectivity index (χ4v) is 2.97. The van der Waals surface area contributed by atoms with Gasteiger partial charge in [0.15, 0.2) is 5.96 Å². The van der Waals surface area contributed by atoms with Crippen molar-refractivity contribution in [3.8, 4) is 5.75 Å². The van der Waals surface area contributed by atoms with Gasteiger partial charge in [-0.15, -0.1) is 24.0 Å². The van der Waals surface area contributed by atoms with Gasteiger partial charge in [0.05, 0.1) is 5.69 Å². The maximum atomic E-state index is 5.70. The molecule has 0 bridgehead atoms. The molecule has 6 nitrogen and oxygen atoms in total. The lowest BCUT2D eigenvalue weighted by molar-refractivity contribution is 0.358. The predicted molar refractivity (Wildman–Crippen MR) is 129 cm³/mol. The first-order valence-electron chi connectivity index (χ1n) is 9.40. The summed E-state index contributed by atoms with van der Waals surface area (Å²) in [5.41, 5.74) is 4.32. The van der Waals surface area contributed by atoms with Crippen LogP contribution in [0.4, 0.5) is 0 Å². The van der Waals surface area contributed by atoms with Crippen LogP contribution in [0.3, 0.4) is 0 Å². The maximum Gasteiger partial charge on any atom is 0.191 e. The largest absolute Gasteiger partial charge is 0.489 e. The predicted octanol–water partition coefficient (Wildman–Crippen LogP) is 3.73. The molecule has 0 spiro atoms. The summed E-state index contributed by atoms with van der Waals surface area (Å²) >= 11 is 0. The van der Waals surface area contributed by atoms with E-state index in [1.807, 2.05) is 36.5 Å². The van der Waals surface area contributed by atoms with Crippen molar-refractivity contribution in [3.63, 3.8) is 0 Å². The van der Waals surface area contributed by atoms with Crippen LogP contribution in [0.1, 0.15) is 16.8 Å². The second-order valence-electron chi connectivity index (χ2n) is 6.46. The van der Waals surface area contributed by atoms with E-state index in [0.29, 0.717) is 13.2 Å². The Labute approximate surface area is 189 Å². The van der Waals surface area contributed by atoms with Gasteiger partial charge in [-0.25, -0.2) is 4.98 Å². The van der Waals surface area contributed by atoms with Crippen LogP contribution in [0.15, 0.2) is 66.4 Å². The molecule has 3 rings (SSSR count). The molecular weight excluding hydrogens is 477 g/mol. The number of hydrogen-bond acceptors (Lipinski definition) is 3. The number of aromatic nitrogens is 2. The fraction of sp³-hybridized carbons (Fsp3) is 0.273. The van der Waals surface area contributed by atoms with Crippen molar-refractivity contribution in [1.82, 2.24) is 20.0 Å². The maximum absolute atomic E-state index is 5.70. The summed E-state index contributed by atoms with van der Waals surface area (Å²) in [5, 5.41) is 6.67. The summed E-state index contributed by atoms with van der Waals surface area (Å²) in [7, 11) is 1.77. The van der Waals surface area contributed by atoms with E-state index in [4.69, 9.17) is 9.72 Å². The molecule has 1 aromatic carbocycles. The molecule has 7 heteroatoms. The smallest absolute Gasteiger partial charge is 0.191 e. The summed E-state index contributed by atoms with van der Waals surface area (Å²) in [6.07, 6.45) is 6.67. The molecule has 2 aromatic heterocycles. The number of pyridine rings is 1. The minimum absolute atomic E-state index is 0. The molecule has 0 aliphatic heterocycles. The third kappa shape index (κ3) is 6.22. The highest BCUT2D eigenvalue weighted by atomic mass is 127. The summed E-state index contributed by atoms with van der Waals surface area (Å²) in [6, 6.07) is 12.1. The summed E-state index contributed by atoms with van der Waals surface area (Å²) in [5.74, 6) is 1.60. The van der Waals surface area contributed by atoms with Crippen LogP contribution in [0, 0.1) is 6.92 Å². The molecular formula is C22H28IN5O. The van der Waals surface area contributed by atoms with Gasteiger partial charge in [0, 0.05) is 44.5 Å². The zero-order valence-corrected chi connectivity index (χ0v) is 19.2. The number of para-hydroxylation sites is 1. The Balaban J connectivity index is 0.00000300. The lowest BCUT2D eigenvalue weighted by Gasteiger charge is -2.14. The van der Waals surface area contributed by atoms with Crippen LogP contribution in [-0.4, -0.2) is 35.5 Å². The van der Waals surface area contributed by atoms with Crippen molar-refractivity contribution in [1.29, 1.82) is 0 Å². The molecule has 0 amide bonds. The van der Waals surface area contributed by atoms with Crippen LogP contribution in [0.5, 0.6) is 5.75 Å². The molecule has 3 aromatic rings. The number of nitrogens with zero attached hydrogens (tertiary/aromatic N) is 3. The lowest BCUT2D eigenvalue weighted by atomic mass is 10.2. The van der Waals surface area contributed by atoms with Gasteiger partial charge in [-0.3, -0.25) is 4.99 Å². The molecule has 0 fully saturated rings. The molecule has 2 N–H and O–H groups in total. The van der Waals surface area contributed by atoms with Crippen LogP contribution in [0.25, 0.3) is 5.65 Å². The third-order valence-corrected chi connectivity index (χ3v) is 4.40. The first-order chi connectivity index (χ1) is 13.7. The van der Waals surface area contributed by atoms with Gasteiger partial charge in [-0.1, -0.05) is 36.9 Å². The zero-order valence-electron chi connectivity index (χ0n) is 16.9. The highest BCUT2D eigenvalue weighted by Crippen LogP contribution is 2.17. The van der Waals surface area contributed by atoms with Gasteiger partial charge in [0.25, 0.3) is 0 Å². The number of hydrogen-bond donors (Lipinski definition) is 2. The summed E-state index contributed by atoms with van der Waals surface area (Å²) < 4.78 is 7.77. The molecule has 154 valence electrons. The average molecular weight is 505 g/mol. The fourth-order valence-electron chi connectivity index (χ4n) is 2.97. The van der Waals surface area contributed by atoms with E-state index < -0.39 is 0 Å². The van der Waals surface area contributed by atoms with E-state index >= 15 is 0 Å². The number of fused-ring (bicyclic) bond motifs is 1. The first kappa shape index (κ1) is 22.7. The minimum atomic E-state index is 0. The Kier molecular flexibility index (Phi) is 8.98. The van der Waals surface area contributed by atoms with Gasteiger partial charge in [-0.05, 0) is 24.6 Å². The topological polar surface area (TPSA) is 63.0 Å². The number of nitrogens with one attached hydrogen (secondary N) is 2. The van der Waals surface area contributed by atoms with Crippen molar-refractivity contribution in [3.05, 3.63) is 78.3 Å². The summed E-state index contributed by atoms with van der Waals surface area (Å²) in [4.78, 5) is 9.00. The lowest BCUT2D eigenvalue weighted by Crippen LogP contribution is -2.38. The van der Waals surface area contributed by atoms with Crippen molar-refractivity contribution < 1.29 is 4.74 Å². The van der Waals surface area contributed by atoms with E-state index in [1.54, 1.807) is 13.1 Å². The molecule has 0 aliphatic carbocycles. The zero-order chi connectivity index (χ0) is 19.8. The molecule has 0 saturated heterocycles. The Morgan fingerprint density at radius 2 is 2.07 bits per heavy atom. The monoisotopic (exact) mass is 505 g/mol. The Hall–Kier alpha value is -2.55. The van der Waals surface area contributed by atoms with Gasteiger partial charge in [0.1, 0.15) is 18.0 Å². The van der Waals surface area contributed by atoms with E-state index in [2.05, 4.69) is 45.8 Å². The number of halogens is 1. The van der Waals surface area contributed by atoms with Gasteiger partial charge in [-0.2, -0.15) is 0 Å². The van der Waals surface area contributed by atoms with Gasteiger partial charge < -0.3 is 19.8 Å². The molecule has 29 heavy (non-hydrogen) atoms. The standard InChI is InChI=1S/C22H27N5O.HI/c1-4-14-28-20-10-6-5-9-18(20)15-25-22(23-3)24-12-11-19-16-27-13-7-8-17(2)21(27)26-19;/h4-10,13,16H,1,11-12,14-15H2,2-3H3,(H2,23,24,25);1H. The number of aryl methyl sites for hydroxylation is 1. The van der Waals surface area contributed by atoms with Crippen LogP contribution >= 0.6 is 24.0 Å². The molecule has 0 radical (unpaired) electrons. The molecule has 0 atom stereocenters. The average Bonchev–Trinajstić information content (AvgIpc) is 3.14. The molecule has 2 heterocycles. The van der Waals surface area contributed by atoms with E-state index in [1.165, 1.54) is 5.56 Å². The highest BCUT2D eigenvalue weighted by Gasteiger charge is 2.06. The number of imidazole rings is 1. The van der Waals surface area contributed by atoms with Gasteiger partial charge >= 0.3 is 0 Å². The van der Waals surface area contributed by atoms with Crippen LogP contribution < -0.4 is 15.4 Å². The molecule has 0 aliphatic rings. The van der Waals surface area contributed by atoms with E-state index in [-0.39, 0.29) is 24.0 Å². The number of guanidine groups is 1. The summed E-state index contributed by atoms with van der Waals surface area (Å²) in [6.45, 7) is 7.63. The number of benzene rings is 1. The van der Waals surface area contributed by atoms with Crippen molar-refractivity contribution in [2.75, 3.05) is 20.2 Å².